The molecule has 0 aliphatic rings. The minimum atomic E-state index is -4.67. The Morgan fingerprint density at radius 3 is 2.58 bits per heavy atom. The first-order valence-corrected chi connectivity index (χ1v) is 5.48. The summed E-state index contributed by atoms with van der Waals surface area (Å²) < 4.78 is 36.9. The fraction of sp³-hybridized carbons (Fsp3) is 0.455. The van der Waals surface area contributed by atoms with Crippen LogP contribution in [0.1, 0.15) is 29.4 Å². The normalized spacial score (nSPS) is 13.1. The van der Waals surface area contributed by atoms with Crippen molar-refractivity contribution in [1.29, 1.82) is 0 Å². The lowest BCUT2D eigenvalue weighted by atomic mass is 10.2. The van der Waals surface area contributed by atoms with Gasteiger partial charge in [-0.1, -0.05) is 0 Å². The minimum Gasteiger partial charge on any atom is -0.396 e. The Labute approximate surface area is 106 Å². The van der Waals surface area contributed by atoms with Gasteiger partial charge in [0.1, 0.15) is 11.3 Å². The molecule has 0 fully saturated rings. The van der Waals surface area contributed by atoms with Crippen LogP contribution in [0.5, 0.6) is 0 Å². The van der Waals surface area contributed by atoms with Crippen molar-refractivity contribution < 1.29 is 23.1 Å². The van der Waals surface area contributed by atoms with E-state index < -0.39 is 28.9 Å². The molecule has 3 N–H and O–H groups in total. The van der Waals surface area contributed by atoms with Crippen LogP contribution in [0.15, 0.2) is 16.9 Å². The van der Waals surface area contributed by atoms with Crippen LogP contribution in [0.25, 0.3) is 0 Å². The van der Waals surface area contributed by atoms with Crippen molar-refractivity contribution in [2.75, 3.05) is 6.61 Å². The molecular weight excluding hydrogens is 265 g/mol. The Balaban J connectivity index is 2.91. The zero-order valence-corrected chi connectivity index (χ0v) is 10.0. The average Bonchev–Trinajstić information content (AvgIpc) is 2.27. The van der Waals surface area contributed by atoms with Gasteiger partial charge in [0.05, 0.1) is 0 Å². The molecule has 1 amide bonds. The summed E-state index contributed by atoms with van der Waals surface area (Å²) in [7, 11) is 0. The van der Waals surface area contributed by atoms with Gasteiger partial charge < -0.3 is 15.4 Å². The maximum atomic E-state index is 12.3. The lowest BCUT2D eigenvalue weighted by Crippen LogP contribution is -2.36. The fourth-order valence-electron chi connectivity index (χ4n) is 1.39. The van der Waals surface area contributed by atoms with Crippen molar-refractivity contribution in [3.63, 3.8) is 0 Å². The molecule has 0 saturated heterocycles. The van der Waals surface area contributed by atoms with E-state index in [0.717, 1.165) is 6.07 Å². The van der Waals surface area contributed by atoms with Crippen molar-refractivity contribution in [2.45, 2.75) is 25.6 Å². The fourth-order valence-corrected chi connectivity index (χ4v) is 1.39. The number of pyridine rings is 1. The molecule has 0 saturated carbocycles. The van der Waals surface area contributed by atoms with Crippen LogP contribution in [0, 0.1) is 0 Å². The number of carbonyl (C=O) groups is 1. The summed E-state index contributed by atoms with van der Waals surface area (Å²) in [6.45, 7) is 1.46. The lowest BCUT2D eigenvalue weighted by molar-refractivity contribution is -0.141. The van der Waals surface area contributed by atoms with Crippen molar-refractivity contribution in [2.24, 2.45) is 0 Å². The first kappa shape index (κ1) is 15.2. The number of aromatic nitrogens is 1. The number of hydrogen-bond acceptors (Lipinski definition) is 3. The molecule has 1 atom stereocenters. The summed E-state index contributed by atoms with van der Waals surface area (Å²) >= 11 is 0. The zero-order valence-electron chi connectivity index (χ0n) is 10.0. The van der Waals surface area contributed by atoms with E-state index >= 15 is 0 Å². The number of nitrogens with one attached hydrogen (secondary N) is 2. The number of hydrogen-bond donors (Lipinski definition) is 3. The molecule has 1 aromatic rings. The molecule has 0 aliphatic carbocycles. The van der Waals surface area contributed by atoms with Crippen molar-refractivity contribution >= 4 is 5.91 Å². The second kappa shape index (κ2) is 5.87. The third-order valence-electron chi connectivity index (χ3n) is 2.40. The van der Waals surface area contributed by atoms with Crippen LogP contribution in [0.3, 0.4) is 0 Å². The van der Waals surface area contributed by atoms with E-state index in [-0.39, 0.29) is 19.1 Å². The van der Waals surface area contributed by atoms with E-state index in [1.54, 1.807) is 11.9 Å². The lowest BCUT2D eigenvalue weighted by Gasteiger charge is -2.12. The molecule has 5 nitrogen and oxygen atoms in total. The number of carbonyl (C=O) groups excluding carboxylic acids is 1. The summed E-state index contributed by atoms with van der Waals surface area (Å²) in [6.07, 6.45) is -4.39. The number of aromatic amines is 1. The van der Waals surface area contributed by atoms with Crippen LogP contribution in [-0.4, -0.2) is 28.6 Å². The zero-order chi connectivity index (χ0) is 14.6. The Bertz CT molecular complexity index is 511. The smallest absolute Gasteiger partial charge is 0.396 e. The summed E-state index contributed by atoms with van der Waals surface area (Å²) in [5.74, 6) is -0.782. The largest absolute Gasteiger partial charge is 0.431 e. The van der Waals surface area contributed by atoms with E-state index in [4.69, 9.17) is 5.11 Å². The van der Waals surface area contributed by atoms with Crippen LogP contribution in [-0.2, 0) is 6.18 Å². The third-order valence-corrected chi connectivity index (χ3v) is 2.40. The SMILES string of the molecule is CC(CCO)NC(=O)c1ccc(C(F)(F)F)[nH]c1=O. The van der Waals surface area contributed by atoms with Crippen molar-refractivity contribution in [3.8, 4) is 0 Å². The maximum absolute atomic E-state index is 12.3. The molecule has 0 bridgehead atoms. The van der Waals surface area contributed by atoms with Crippen LogP contribution >= 0.6 is 0 Å². The second-order valence-corrected chi connectivity index (χ2v) is 4.00. The first-order chi connectivity index (χ1) is 8.75. The van der Waals surface area contributed by atoms with Gasteiger partial charge in [0.15, 0.2) is 0 Å². The highest BCUT2D eigenvalue weighted by Crippen LogP contribution is 2.26. The van der Waals surface area contributed by atoms with Gasteiger partial charge in [-0.3, -0.25) is 9.59 Å². The summed E-state index contributed by atoms with van der Waals surface area (Å²) in [5.41, 5.74) is -2.72. The van der Waals surface area contributed by atoms with Gasteiger partial charge in [0.2, 0.25) is 0 Å². The highest BCUT2D eigenvalue weighted by Gasteiger charge is 2.32. The molecule has 0 spiro atoms. The molecule has 1 aromatic heterocycles. The molecule has 106 valence electrons. The number of aliphatic hydroxyl groups excluding tert-OH is 1. The van der Waals surface area contributed by atoms with E-state index in [1.807, 2.05) is 0 Å². The molecule has 0 aromatic carbocycles. The minimum absolute atomic E-state index is 0.148. The highest BCUT2D eigenvalue weighted by atomic mass is 19.4. The average molecular weight is 278 g/mol. The number of rotatable bonds is 4. The molecular formula is C11H13F3N2O3. The number of alkyl halides is 3. The number of halogens is 3. The van der Waals surface area contributed by atoms with E-state index in [2.05, 4.69) is 5.32 Å². The quantitative estimate of drug-likeness (QED) is 0.765. The number of H-pyrrole nitrogens is 1. The Morgan fingerprint density at radius 1 is 1.47 bits per heavy atom. The molecule has 8 heteroatoms. The molecule has 19 heavy (non-hydrogen) atoms. The van der Waals surface area contributed by atoms with Gasteiger partial charge in [-0.25, -0.2) is 0 Å². The molecule has 0 aliphatic heterocycles. The number of amides is 1. The second-order valence-electron chi connectivity index (χ2n) is 4.00. The molecule has 0 radical (unpaired) electrons. The molecule has 1 heterocycles. The van der Waals surface area contributed by atoms with E-state index in [9.17, 15) is 22.8 Å². The van der Waals surface area contributed by atoms with Gasteiger partial charge in [-0.05, 0) is 25.5 Å². The third kappa shape index (κ3) is 4.09. The van der Waals surface area contributed by atoms with Crippen molar-refractivity contribution in [3.05, 3.63) is 33.7 Å². The van der Waals surface area contributed by atoms with Gasteiger partial charge in [-0.15, -0.1) is 0 Å². The van der Waals surface area contributed by atoms with Gasteiger partial charge >= 0.3 is 6.18 Å². The van der Waals surface area contributed by atoms with Crippen LogP contribution in [0.2, 0.25) is 0 Å². The van der Waals surface area contributed by atoms with Crippen molar-refractivity contribution in [1.82, 2.24) is 10.3 Å². The predicted molar refractivity (Wildman–Crippen MR) is 60.7 cm³/mol. The van der Waals surface area contributed by atoms with Gasteiger partial charge in [0, 0.05) is 12.6 Å². The van der Waals surface area contributed by atoms with E-state index in [1.165, 1.54) is 0 Å². The molecule has 1 rings (SSSR count). The molecule has 1 unspecified atom stereocenters. The predicted octanol–water partition coefficient (Wildman–Crippen LogP) is 0.894. The Hall–Kier alpha value is -1.83. The first-order valence-electron chi connectivity index (χ1n) is 5.48. The summed E-state index contributed by atoms with van der Waals surface area (Å²) in [4.78, 5) is 24.6. The van der Waals surface area contributed by atoms with Crippen LogP contribution < -0.4 is 10.9 Å². The number of aliphatic hydroxyl groups is 1. The Kier molecular flexibility index (Phi) is 4.71. The Morgan fingerprint density at radius 2 is 2.11 bits per heavy atom. The monoisotopic (exact) mass is 278 g/mol. The highest BCUT2D eigenvalue weighted by molar-refractivity contribution is 5.93. The standard InChI is InChI=1S/C11H13F3N2O3/c1-6(4-5-17)15-9(18)7-2-3-8(11(12,13)14)16-10(7)19/h2-3,6,17H,4-5H2,1H3,(H,15,18)(H,16,19). The van der Waals surface area contributed by atoms with Gasteiger partial charge in [-0.2, -0.15) is 13.2 Å². The maximum Gasteiger partial charge on any atom is 0.431 e. The van der Waals surface area contributed by atoms with Gasteiger partial charge in [0.25, 0.3) is 11.5 Å². The van der Waals surface area contributed by atoms with Crippen LogP contribution in [0.4, 0.5) is 13.2 Å². The summed E-state index contributed by atoms with van der Waals surface area (Å²) in [5, 5.41) is 11.1. The van der Waals surface area contributed by atoms with E-state index in [0.29, 0.717) is 6.07 Å². The topological polar surface area (TPSA) is 82.2 Å². The summed E-state index contributed by atoms with van der Waals surface area (Å²) in [6, 6.07) is 1.06.